The van der Waals surface area contributed by atoms with Gasteiger partial charge in [-0.05, 0) is 24.4 Å². The van der Waals surface area contributed by atoms with Crippen LogP contribution in [0.4, 0.5) is 5.69 Å². The van der Waals surface area contributed by atoms with E-state index >= 15 is 0 Å². The molecule has 3 nitrogen and oxygen atoms in total. The van der Waals surface area contributed by atoms with E-state index in [9.17, 15) is 5.11 Å². The molecule has 1 aliphatic heterocycles. The van der Waals surface area contributed by atoms with Crippen LogP contribution in [0.2, 0.25) is 0 Å². The zero-order valence-corrected chi connectivity index (χ0v) is 10.3. The molecule has 0 amide bonds. The summed E-state index contributed by atoms with van der Waals surface area (Å²) >= 11 is 6.33. The first kappa shape index (κ1) is 10.4. The van der Waals surface area contributed by atoms with Gasteiger partial charge in [0.25, 0.3) is 0 Å². The highest BCUT2D eigenvalue weighted by Crippen LogP contribution is 2.34. The fourth-order valence-electron chi connectivity index (χ4n) is 1.73. The van der Waals surface area contributed by atoms with Gasteiger partial charge in [0.05, 0.1) is 10.6 Å². The van der Waals surface area contributed by atoms with Crippen molar-refractivity contribution in [2.24, 2.45) is 4.99 Å². The molecule has 2 N–H and O–H groups in total. The number of thiazole rings is 1. The lowest BCUT2D eigenvalue weighted by molar-refractivity contribution is 0.456. The zero-order valence-electron chi connectivity index (χ0n) is 8.68. The molecule has 1 aliphatic rings. The number of para-hydroxylation sites is 1. The van der Waals surface area contributed by atoms with Crippen molar-refractivity contribution in [3.05, 3.63) is 38.7 Å². The molecule has 0 saturated carbocycles. The lowest BCUT2D eigenvalue weighted by Crippen LogP contribution is -1.78. The number of aromatic amines is 1. The van der Waals surface area contributed by atoms with Crippen molar-refractivity contribution >= 4 is 47.1 Å². The molecular weight excluding hydrogens is 252 g/mol. The van der Waals surface area contributed by atoms with Gasteiger partial charge in [0, 0.05) is 17.4 Å². The highest BCUT2D eigenvalue weighted by atomic mass is 32.1. The summed E-state index contributed by atoms with van der Waals surface area (Å²) in [4.78, 5) is 7.74. The predicted octanol–water partition coefficient (Wildman–Crippen LogP) is 3.77. The Kier molecular flexibility index (Phi) is 2.42. The van der Waals surface area contributed by atoms with Gasteiger partial charge in [0.1, 0.15) is 0 Å². The van der Waals surface area contributed by atoms with Crippen LogP contribution in [0.5, 0.6) is 5.88 Å². The van der Waals surface area contributed by atoms with E-state index in [4.69, 9.17) is 12.2 Å². The Morgan fingerprint density at radius 3 is 2.94 bits per heavy atom. The van der Waals surface area contributed by atoms with E-state index in [0.29, 0.717) is 3.95 Å². The molecule has 0 radical (unpaired) electrons. The van der Waals surface area contributed by atoms with E-state index in [-0.39, 0.29) is 5.88 Å². The second-order valence-electron chi connectivity index (χ2n) is 3.60. The Bertz CT molecular complexity index is 695. The molecule has 0 spiro atoms. The predicted molar refractivity (Wildman–Crippen MR) is 73.6 cm³/mol. The summed E-state index contributed by atoms with van der Waals surface area (Å²) in [5.74, 6) is 0.116. The van der Waals surface area contributed by atoms with E-state index in [2.05, 4.69) is 9.98 Å². The summed E-state index contributed by atoms with van der Waals surface area (Å²) in [6.07, 6.45) is 3.69. The molecular formula is C12H8N2OS2. The molecule has 0 aliphatic carbocycles. The number of H-pyrrole nitrogens is 1. The fourth-order valence-corrected chi connectivity index (χ4v) is 2.77. The lowest BCUT2D eigenvalue weighted by atomic mass is 10.1. The van der Waals surface area contributed by atoms with Crippen LogP contribution in [-0.4, -0.2) is 16.3 Å². The number of hydrogen-bond donors (Lipinski definition) is 2. The molecule has 0 atom stereocenters. The minimum Gasteiger partial charge on any atom is -0.494 e. The van der Waals surface area contributed by atoms with Crippen LogP contribution in [0.15, 0.2) is 29.3 Å². The number of allylic oxidation sites excluding steroid dienone is 1. The molecule has 0 fully saturated rings. The lowest BCUT2D eigenvalue weighted by Gasteiger charge is -1.97. The molecule has 17 heavy (non-hydrogen) atoms. The van der Waals surface area contributed by atoms with Crippen molar-refractivity contribution in [1.29, 1.82) is 0 Å². The van der Waals surface area contributed by atoms with Crippen LogP contribution in [0.1, 0.15) is 10.4 Å². The number of fused-ring (bicyclic) bond motifs is 1. The molecule has 84 valence electrons. The molecule has 0 bridgehead atoms. The monoisotopic (exact) mass is 260 g/mol. The summed E-state index contributed by atoms with van der Waals surface area (Å²) in [7, 11) is 0. The molecule has 2 heterocycles. The number of nitrogens with one attached hydrogen (secondary N) is 1. The van der Waals surface area contributed by atoms with Crippen molar-refractivity contribution in [3.8, 4) is 5.88 Å². The highest BCUT2D eigenvalue weighted by Gasteiger charge is 2.12. The second kappa shape index (κ2) is 3.94. The maximum absolute atomic E-state index is 9.64. The maximum atomic E-state index is 9.64. The van der Waals surface area contributed by atoms with Gasteiger partial charge in [-0.25, -0.2) is 0 Å². The van der Waals surface area contributed by atoms with E-state index in [1.807, 2.05) is 30.3 Å². The third kappa shape index (κ3) is 1.83. The zero-order chi connectivity index (χ0) is 11.8. The molecule has 3 rings (SSSR count). The van der Waals surface area contributed by atoms with Crippen molar-refractivity contribution in [2.75, 3.05) is 0 Å². The number of hydrogen-bond acceptors (Lipinski definition) is 4. The van der Waals surface area contributed by atoms with Gasteiger partial charge >= 0.3 is 0 Å². The quantitative estimate of drug-likeness (QED) is 0.767. The van der Waals surface area contributed by atoms with Gasteiger partial charge < -0.3 is 10.1 Å². The largest absolute Gasteiger partial charge is 0.494 e. The fraction of sp³-hybridized carbons (Fsp3) is 0. The Labute approximate surface area is 107 Å². The molecule has 0 saturated heterocycles. The smallest absolute Gasteiger partial charge is 0.207 e. The van der Waals surface area contributed by atoms with E-state index in [1.54, 1.807) is 6.21 Å². The van der Waals surface area contributed by atoms with Crippen LogP contribution in [0, 0.1) is 3.95 Å². The Hall–Kier alpha value is -1.72. The van der Waals surface area contributed by atoms with Gasteiger partial charge in [0.15, 0.2) is 3.95 Å². The van der Waals surface area contributed by atoms with Crippen LogP contribution in [0.25, 0.3) is 11.6 Å². The van der Waals surface area contributed by atoms with Crippen LogP contribution >= 0.6 is 23.6 Å². The van der Waals surface area contributed by atoms with E-state index < -0.39 is 0 Å². The number of aliphatic imine (C=N–C) groups is 1. The van der Waals surface area contributed by atoms with Crippen LogP contribution < -0.4 is 0 Å². The minimum atomic E-state index is 0.116. The molecule has 5 heteroatoms. The van der Waals surface area contributed by atoms with Crippen molar-refractivity contribution in [3.63, 3.8) is 0 Å². The van der Waals surface area contributed by atoms with Gasteiger partial charge in [-0.1, -0.05) is 18.2 Å². The Morgan fingerprint density at radius 1 is 1.35 bits per heavy atom. The number of benzene rings is 1. The number of aromatic nitrogens is 1. The summed E-state index contributed by atoms with van der Waals surface area (Å²) in [6, 6.07) is 7.90. The third-order valence-corrected chi connectivity index (χ3v) is 3.67. The second-order valence-corrected chi connectivity index (χ2v) is 5.32. The first-order valence-electron chi connectivity index (χ1n) is 5.01. The van der Waals surface area contributed by atoms with Gasteiger partial charge in [-0.15, -0.1) is 11.3 Å². The Balaban J connectivity index is 2.11. The van der Waals surface area contributed by atoms with E-state index in [1.165, 1.54) is 11.3 Å². The summed E-state index contributed by atoms with van der Waals surface area (Å²) < 4.78 is 0.567. The molecule has 1 aromatic carbocycles. The minimum absolute atomic E-state index is 0.116. The summed E-state index contributed by atoms with van der Waals surface area (Å²) in [6.45, 7) is 0. The maximum Gasteiger partial charge on any atom is 0.207 e. The molecule has 2 aromatic rings. The van der Waals surface area contributed by atoms with Crippen LogP contribution in [-0.2, 0) is 0 Å². The number of rotatable bonds is 1. The van der Waals surface area contributed by atoms with Crippen molar-refractivity contribution < 1.29 is 5.11 Å². The first-order valence-corrected chi connectivity index (χ1v) is 6.24. The van der Waals surface area contributed by atoms with Gasteiger partial charge in [0.2, 0.25) is 5.88 Å². The third-order valence-electron chi connectivity index (χ3n) is 2.50. The normalized spacial score (nSPS) is 15.4. The first-order chi connectivity index (χ1) is 8.24. The summed E-state index contributed by atoms with van der Waals surface area (Å²) in [5.41, 5.74) is 3.02. The average molecular weight is 260 g/mol. The molecule has 1 aromatic heterocycles. The van der Waals surface area contributed by atoms with Crippen LogP contribution in [0.3, 0.4) is 0 Å². The summed E-state index contributed by atoms with van der Waals surface area (Å²) in [5, 5.41) is 9.64. The van der Waals surface area contributed by atoms with E-state index in [0.717, 1.165) is 21.7 Å². The van der Waals surface area contributed by atoms with Gasteiger partial charge in [-0.3, -0.25) is 4.99 Å². The number of aromatic hydroxyl groups is 1. The van der Waals surface area contributed by atoms with Crippen molar-refractivity contribution in [1.82, 2.24) is 4.98 Å². The molecule has 0 unspecified atom stereocenters. The SMILES string of the molecule is Oc1[nH]c(=S)sc1/C=C1/C=Nc2ccccc21. The Morgan fingerprint density at radius 2 is 2.18 bits per heavy atom. The highest BCUT2D eigenvalue weighted by molar-refractivity contribution is 7.73. The van der Waals surface area contributed by atoms with Crippen molar-refractivity contribution in [2.45, 2.75) is 0 Å². The van der Waals surface area contributed by atoms with Gasteiger partial charge in [-0.2, -0.15) is 0 Å². The topological polar surface area (TPSA) is 48.4 Å². The standard InChI is InChI=1S/C12H8N2OS2/c15-11-10(17-12(16)14-11)5-7-6-13-9-4-2-1-3-8(7)9/h1-6,15H,(H,14,16)/b7-5-. The average Bonchev–Trinajstić information content (AvgIpc) is 2.85. The number of nitrogens with zero attached hydrogens (tertiary/aromatic N) is 1.